The summed E-state index contributed by atoms with van der Waals surface area (Å²) in [7, 11) is -3.70. The third-order valence-corrected chi connectivity index (χ3v) is 7.93. The molecule has 32 heavy (non-hydrogen) atoms. The summed E-state index contributed by atoms with van der Waals surface area (Å²) >= 11 is 11.9. The zero-order chi connectivity index (χ0) is 22.7. The van der Waals surface area contributed by atoms with E-state index in [0.29, 0.717) is 35.0 Å². The maximum absolute atomic E-state index is 13.2. The van der Waals surface area contributed by atoms with E-state index in [-0.39, 0.29) is 29.9 Å². The Kier molecular flexibility index (Phi) is 6.85. The zero-order valence-corrected chi connectivity index (χ0v) is 19.4. The third kappa shape index (κ3) is 4.99. The summed E-state index contributed by atoms with van der Waals surface area (Å²) in [6.07, 6.45) is 4.57. The highest BCUT2D eigenvalue weighted by Gasteiger charge is 2.36. The number of sulfonamides is 1. The minimum absolute atomic E-state index is 0.139. The number of hydrogen-bond donors (Lipinski definition) is 1. The molecule has 0 aliphatic carbocycles. The number of benzene rings is 2. The average Bonchev–Trinajstić information content (AvgIpc) is 3.31. The molecule has 1 fully saturated rings. The van der Waals surface area contributed by atoms with E-state index in [1.807, 2.05) is 0 Å². The molecule has 0 radical (unpaired) electrons. The first-order valence-electron chi connectivity index (χ1n) is 10.1. The number of hydrogen-bond acceptors (Lipinski definition) is 4. The first kappa shape index (κ1) is 22.8. The number of amides is 1. The van der Waals surface area contributed by atoms with Crippen molar-refractivity contribution < 1.29 is 13.2 Å². The molecule has 1 aromatic heterocycles. The fourth-order valence-corrected chi connectivity index (χ4v) is 5.54. The van der Waals surface area contributed by atoms with Gasteiger partial charge in [-0.25, -0.2) is 13.4 Å². The van der Waals surface area contributed by atoms with Crippen LogP contribution in [0.15, 0.2) is 66.0 Å². The Balaban J connectivity index is 1.57. The lowest BCUT2D eigenvalue weighted by Gasteiger charge is -2.41. The molecule has 10 heteroatoms. The van der Waals surface area contributed by atoms with Crippen molar-refractivity contribution in [3.63, 3.8) is 0 Å². The summed E-state index contributed by atoms with van der Waals surface area (Å²) in [5, 5.41) is 1.02. The van der Waals surface area contributed by atoms with E-state index in [9.17, 15) is 13.2 Å². The van der Waals surface area contributed by atoms with Crippen molar-refractivity contribution in [3.8, 4) is 0 Å². The Morgan fingerprint density at radius 1 is 1.03 bits per heavy atom. The number of carbonyl (C=O) groups is 1. The number of halogens is 2. The number of aryl methyl sites for hydroxylation is 1. The van der Waals surface area contributed by atoms with Gasteiger partial charge in [-0.15, -0.1) is 0 Å². The van der Waals surface area contributed by atoms with Gasteiger partial charge in [-0.1, -0.05) is 23.2 Å². The lowest BCUT2D eigenvalue weighted by Crippen LogP contribution is -2.56. The van der Waals surface area contributed by atoms with E-state index in [1.54, 1.807) is 53.8 Å². The predicted octanol–water partition coefficient (Wildman–Crippen LogP) is 3.86. The minimum atomic E-state index is -3.70. The van der Waals surface area contributed by atoms with E-state index in [2.05, 4.69) is 9.97 Å². The first-order valence-corrected chi connectivity index (χ1v) is 12.3. The second kappa shape index (κ2) is 9.62. The molecule has 0 spiro atoms. The van der Waals surface area contributed by atoms with Crippen LogP contribution in [0.5, 0.6) is 0 Å². The molecule has 4 rings (SSSR count). The lowest BCUT2D eigenvalue weighted by molar-refractivity contribution is 0.0551. The van der Waals surface area contributed by atoms with Crippen LogP contribution in [0.4, 0.5) is 0 Å². The number of H-pyrrole nitrogens is 1. The first-order chi connectivity index (χ1) is 15.3. The second-order valence-electron chi connectivity index (χ2n) is 7.59. The maximum Gasteiger partial charge on any atom is 0.254 e. The fraction of sp³-hybridized carbons (Fsp3) is 0.273. The van der Waals surface area contributed by atoms with Gasteiger partial charge in [-0.05, 0) is 61.4 Å². The largest absolute Gasteiger partial charge is 0.348 e. The second-order valence-corrected chi connectivity index (χ2v) is 10.4. The molecule has 1 N–H and O–H groups in total. The molecule has 0 saturated carbocycles. The van der Waals surface area contributed by atoms with Gasteiger partial charge in [0.1, 0.15) is 0 Å². The SMILES string of the molecule is O=C(c1ccc(Cl)cc1)N1CCN(S(=O)(=O)c2ccc(Cl)cc2)CC1CCc1cnc[nH]1. The fourth-order valence-electron chi connectivity index (χ4n) is 3.82. The van der Waals surface area contributed by atoms with Gasteiger partial charge in [0.15, 0.2) is 0 Å². The number of aromatic amines is 1. The highest BCUT2D eigenvalue weighted by Crippen LogP contribution is 2.25. The Labute approximate surface area is 197 Å². The Morgan fingerprint density at radius 3 is 2.31 bits per heavy atom. The smallest absolute Gasteiger partial charge is 0.254 e. The van der Waals surface area contributed by atoms with Crippen LogP contribution in [0.2, 0.25) is 10.0 Å². The summed E-state index contributed by atoms with van der Waals surface area (Å²) in [4.78, 5) is 22.3. The lowest BCUT2D eigenvalue weighted by atomic mass is 10.0. The molecule has 2 heterocycles. The molecular weight excluding hydrogens is 471 g/mol. The Morgan fingerprint density at radius 2 is 1.69 bits per heavy atom. The normalized spacial score (nSPS) is 17.4. The standard InChI is InChI=1S/C22H22Cl2N4O3S/c23-17-3-1-16(2-4-17)22(29)28-12-11-27(14-20(28)8-7-19-13-25-15-26-19)32(30,31)21-9-5-18(24)6-10-21/h1-6,9-10,13,15,20H,7-8,11-12,14H2,(H,25,26). The van der Waals surface area contributed by atoms with E-state index in [0.717, 1.165) is 5.69 Å². The number of rotatable bonds is 6. The quantitative estimate of drug-likeness (QED) is 0.565. The monoisotopic (exact) mass is 492 g/mol. The molecule has 1 aliphatic rings. The summed E-state index contributed by atoms with van der Waals surface area (Å²) in [5.41, 5.74) is 1.46. The van der Waals surface area contributed by atoms with E-state index >= 15 is 0 Å². The molecule has 2 aromatic carbocycles. The van der Waals surface area contributed by atoms with Crippen LogP contribution in [-0.4, -0.2) is 59.2 Å². The number of nitrogens with zero attached hydrogens (tertiary/aromatic N) is 3. The highest BCUT2D eigenvalue weighted by atomic mass is 35.5. The van der Waals surface area contributed by atoms with Crippen LogP contribution < -0.4 is 0 Å². The molecule has 3 aromatic rings. The summed E-state index contributed by atoms with van der Waals surface area (Å²) in [6.45, 7) is 0.713. The summed E-state index contributed by atoms with van der Waals surface area (Å²) in [6, 6.07) is 12.6. The van der Waals surface area contributed by atoms with Crippen molar-refractivity contribution in [1.82, 2.24) is 19.2 Å². The van der Waals surface area contributed by atoms with Gasteiger partial charge in [0.2, 0.25) is 10.0 Å². The number of aromatic nitrogens is 2. The molecule has 1 amide bonds. The van der Waals surface area contributed by atoms with Crippen molar-refractivity contribution in [3.05, 3.63) is 82.4 Å². The van der Waals surface area contributed by atoms with Gasteiger partial charge in [-0.3, -0.25) is 4.79 Å². The molecular formula is C22H22Cl2N4O3S. The third-order valence-electron chi connectivity index (χ3n) is 5.55. The van der Waals surface area contributed by atoms with Crippen LogP contribution >= 0.6 is 23.2 Å². The molecule has 1 saturated heterocycles. The molecule has 168 valence electrons. The maximum atomic E-state index is 13.2. The zero-order valence-electron chi connectivity index (χ0n) is 17.1. The van der Waals surface area contributed by atoms with Gasteiger partial charge in [0.25, 0.3) is 5.91 Å². The van der Waals surface area contributed by atoms with Gasteiger partial charge in [0.05, 0.1) is 11.2 Å². The molecule has 0 bridgehead atoms. The van der Waals surface area contributed by atoms with Crippen LogP contribution in [-0.2, 0) is 16.4 Å². The minimum Gasteiger partial charge on any atom is -0.348 e. The van der Waals surface area contributed by atoms with Gasteiger partial charge in [-0.2, -0.15) is 4.31 Å². The Bertz CT molecular complexity index is 1170. The van der Waals surface area contributed by atoms with Crippen molar-refractivity contribution in [2.24, 2.45) is 0 Å². The van der Waals surface area contributed by atoms with Gasteiger partial charge in [0, 0.05) is 53.2 Å². The van der Waals surface area contributed by atoms with Crippen molar-refractivity contribution in [1.29, 1.82) is 0 Å². The van der Waals surface area contributed by atoms with Gasteiger partial charge >= 0.3 is 0 Å². The van der Waals surface area contributed by atoms with Crippen LogP contribution in [0.3, 0.4) is 0 Å². The predicted molar refractivity (Wildman–Crippen MR) is 123 cm³/mol. The number of carbonyl (C=O) groups excluding carboxylic acids is 1. The summed E-state index contributed by atoms with van der Waals surface area (Å²) < 4.78 is 27.9. The summed E-state index contributed by atoms with van der Waals surface area (Å²) in [5.74, 6) is -0.139. The van der Waals surface area contributed by atoms with Crippen molar-refractivity contribution in [2.75, 3.05) is 19.6 Å². The molecule has 1 unspecified atom stereocenters. The van der Waals surface area contributed by atoms with Crippen molar-refractivity contribution >= 4 is 39.1 Å². The van der Waals surface area contributed by atoms with Gasteiger partial charge < -0.3 is 9.88 Å². The number of nitrogens with one attached hydrogen (secondary N) is 1. The van der Waals surface area contributed by atoms with E-state index in [1.165, 1.54) is 16.4 Å². The Hall–Kier alpha value is -2.39. The average molecular weight is 493 g/mol. The van der Waals surface area contributed by atoms with Crippen molar-refractivity contribution in [2.45, 2.75) is 23.8 Å². The van der Waals surface area contributed by atoms with E-state index in [4.69, 9.17) is 23.2 Å². The van der Waals surface area contributed by atoms with Crippen LogP contribution in [0.25, 0.3) is 0 Å². The highest BCUT2D eigenvalue weighted by molar-refractivity contribution is 7.89. The molecule has 1 atom stereocenters. The van der Waals surface area contributed by atoms with E-state index < -0.39 is 10.0 Å². The van der Waals surface area contributed by atoms with Crippen LogP contribution in [0.1, 0.15) is 22.5 Å². The number of imidazole rings is 1. The van der Waals surface area contributed by atoms with Crippen LogP contribution in [0, 0.1) is 0 Å². The number of piperazine rings is 1. The molecule has 1 aliphatic heterocycles. The molecule has 7 nitrogen and oxygen atoms in total. The topological polar surface area (TPSA) is 86.4 Å².